The number of aromatic nitrogens is 3. The molecule has 2 N–H and O–H groups in total. The molecule has 0 saturated heterocycles. The first-order chi connectivity index (χ1) is 9.70. The molecule has 0 saturated carbocycles. The molecule has 1 aromatic carbocycles. The van der Waals surface area contributed by atoms with E-state index in [1.807, 2.05) is 0 Å². The number of methoxy groups -OCH3 is 1. The zero-order valence-electron chi connectivity index (χ0n) is 10.7. The third kappa shape index (κ3) is 3.93. The molecule has 0 spiro atoms. The first-order valence-corrected chi connectivity index (χ1v) is 6.60. The fraction of sp³-hybridized carbons (Fsp3) is 0.250. The maximum atomic E-state index is 6.08. The number of rotatable bonds is 6. The predicted octanol–water partition coefficient (Wildman–Crippen LogP) is 2.98. The average molecular weight is 314 g/mol. The van der Waals surface area contributed by atoms with E-state index in [1.165, 1.54) is 6.20 Å². The van der Waals surface area contributed by atoms with Gasteiger partial charge < -0.3 is 15.4 Å². The van der Waals surface area contributed by atoms with Gasteiger partial charge in [-0.15, -0.1) is 5.10 Å². The third-order valence-electron chi connectivity index (χ3n) is 2.37. The molecular weight excluding hydrogens is 301 g/mol. The molecule has 1 aromatic heterocycles. The van der Waals surface area contributed by atoms with E-state index in [4.69, 9.17) is 27.9 Å². The number of ether oxygens (including phenoxy) is 1. The summed E-state index contributed by atoms with van der Waals surface area (Å²) in [5.74, 6) is 0.925. The van der Waals surface area contributed by atoms with Gasteiger partial charge in [-0.1, -0.05) is 29.3 Å². The molecule has 106 valence electrons. The zero-order valence-corrected chi connectivity index (χ0v) is 12.2. The lowest BCUT2D eigenvalue weighted by molar-refractivity contribution is 0.210. The van der Waals surface area contributed by atoms with Crippen LogP contribution in [0.3, 0.4) is 0 Å². The summed E-state index contributed by atoms with van der Waals surface area (Å²) in [6.45, 7) is 1.21. The maximum absolute atomic E-state index is 6.08. The van der Waals surface area contributed by atoms with Crippen LogP contribution >= 0.6 is 23.2 Å². The SMILES string of the molecule is COCCNc1cnnc(Nc2cccc(Cl)c2Cl)n1. The van der Waals surface area contributed by atoms with E-state index in [0.29, 0.717) is 40.7 Å². The molecular formula is C12H13Cl2N5O. The summed E-state index contributed by atoms with van der Waals surface area (Å²) in [6.07, 6.45) is 1.53. The highest BCUT2D eigenvalue weighted by molar-refractivity contribution is 6.43. The summed E-state index contributed by atoms with van der Waals surface area (Å²) in [7, 11) is 1.63. The number of nitrogens with one attached hydrogen (secondary N) is 2. The van der Waals surface area contributed by atoms with Gasteiger partial charge in [-0.3, -0.25) is 0 Å². The van der Waals surface area contributed by atoms with Crippen LogP contribution in [-0.4, -0.2) is 35.4 Å². The lowest BCUT2D eigenvalue weighted by Crippen LogP contribution is -2.10. The summed E-state index contributed by atoms with van der Waals surface area (Å²) in [4.78, 5) is 4.26. The molecule has 0 aliphatic carbocycles. The van der Waals surface area contributed by atoms with E-state index >= 15 is 0 Å². The molecule has 8 heteroatoms. The molecule has 0 aliphatic heterocycles. The van der Waals surface area contributed by atoms with Crippen LogP contribution < -0.4 is 10.6 Å². The van der Waals surface area contributed by atoms with E-state index in [2.05, 4.69) is 25.8 Å². The summed E-state index contributed by atoms with van der Waals surface area (Å²) >= 11 is 12.0. The van der Waals surface area contributed by atoms with Crippen molar-refractivity contribution in [1.82, 2.24) is 15.2 Å². The number of benzene rings is 1. The van der Waals surface area contributed by atoms with Crippen LogP contribution in [0.2, 0.25) is 10.0 Å². The normalized spacial score (nSPS) is 10.3. The van der Waals surface area contributed by atoms with Gasteiger partial charge >= 0.3 is 0 Å². The molecule has 20 heavy (non-hydrogen) atoms. The van der Waals surface area contributed by atoms with Crippen LogP contribution in [0.15, 0.2) is 24.4 Å². The van der Waals surface area contributed by atoms with Crippen molar-refractivity contribution in [2.45, 2.75) is 0 Å². The Kier molecular flexibility index (Phi) is 5.34. The highest BCUT2D eigenvalue weighted by Gasteiger charge is 2.07. The molecule has 0 fully saturated rings. The van der Waals surface area contributed by atoms with Crippen molar-refractivity contribution < 1.29 is 4.74 Å². The Balaban J connectivity index is 2.09. The van der Waals surface area contributed by atoms with Gasteiger partial charge in [0.25, 0.3) is 0 Å². The third-order valence-corrected chi connectivity index (χ3v) is 3.19. The van der Waals surface area contributed by atoms with Gasteiger partial charge in [-0.05, 0) is 12.1 Å². The van der Waals surface area contributed by atoms with Crippen molar-refractivity contribution in [1.29, 1.82) is 0 Å². The van der Waals surface area contributed by atoms with E-state index in [-0.39, 0.29) is 0 Å². The second-order valence-electron chi connectivity index (χ2n) is 3.81. The van der Waals surface area contributed by atoms with Crippen LogP contribution in [0.1, 0.15) is 0 Å². The highest BCUT2D eigenvalue weighted by atomic mass is 35.5. The molecule has 1 heterocycles. The van der Waals surface area contributed by atoms with Crippen LogP contribution in [-0.2, 0) is 4.74 Å². The molecule has 0 aliphatic rings. The second kappa shape index (κ2) is 7.23. The Labute approximate surface area is 126 Å². The van der Waals surface area contributed by atoms with Crippen LogP contribution in [0.5, 0.6) is 0 Å². The summed E-state index contributed by atoms with van der Waals surface area (Å²) in [5, 5.41) is 14.6. The van der Waals surface area contributed by atoms with Gasteiger partial charge in [0.2, 0.25) is 5.95 Å². The minimum atomic E-state index is 0.330. The number of hydrogen-bond donors (Lipinski definition) is 2. The molecule has 0 bridgehead atoms. The predicted molar refractivity (Wildman–Crippen MR) is 79.9 cm³/mol. The monoisotopic (exact) mass is 313 g/mol. The molecule has 0 radical (unpaired) electrons. The fourth-order valence-corrected chi connectivity index (χ4v) is 1.79. The number of hydrogen-bond acceptors (Lipinski definition) is 6. The number of halogens is 2. The van der Waals surface area contributed by atoms with Gasteiger partial charge in [0.05, 0.1) is 28.5 Å². The molecule has 6 nitrogen and oxygen atoms in total. The van der Waals surface area contributed by atoms with Gasteiger partial charge in [-0.2, -0.15) is 10.1 Å². The topological polar surface area (TPSA) is 72.0 Å². The molecule has 0 unspecified atom stereocenters. The highest BCUT2D eigenvalue weighted by Crippen LogP contribution is 2.30. The Bertz CT molecular complexity index is 582. The minimum absolute atomic E-state index is 0.330. The van der Waals surface area contributed by atoms with Crippen LogP contribution in [0, 0.1) is 0 Å². The fourth-order valence-electron chi connectivity index (χ4n) is 1.44. The van der Waals surface area contributed by atoms with Crippen molar-refractivity contribution in [2.24, 2.45) is 0 Å². The van der Waals surface area contributed by atoms with E-state index < -0.39 is 0 Å². The quantitative estimate of drug-likeness (QED) is 0.799. The maximum Gasteiger partial charge on any atom is 0.249 e. The molecule has 2 aromatic rings. The standard InChI is InChI=1S/C12H13Cl2N5O/c1-20-6-5-15-10-7-16-19-12(18-10)17-9-4-2-3-8(13)11(9)14/h2-4,7H,5-6H2,1H3,(H2,15,17,18,19). The number of nitrogens with zero attached hydrogens (tertiary/aromatic N) is 3. The van der Waals surface area contributed by atoms with E-state index in [9.17, 15) is 0 Å². The van der Waals surface area contributed by atoms with Crippen molar-refractivity contribution in [3.05, 3.63) is 34.4 Å². The lowest BCUT2D eigenvalue weighted by Gasteiger charge is -2.09. The number of anilines is 3. The molecule has 0 atom stereocenters. The smallest absolute Gasteiger partial charge is 0.249 e. The van der Waals surface area contributed by atoms with Crippen molar-refractivity contribution in [3.63, 3.8) is 0 Å². The Hall–Kier alpha value is -1.63. The first kappa shape index (κ1) is 14.8. The van der Waals surface area contributed by atoms with Gasteiger partial charge in [0, 0.05) is 13.7 Å². The van der Waals surface area contributed by atoms with Gasteiger partial charge in [-0.25, -0.2) is 0 Å². The zero-order chi connectivity index (χ0) is 14.4. The van der Waals surface area contributed by atoms with Gasteiger partial charge in [0.1, 0.15) is 0 Å². The Morgan fingerprint density at radius 2 is 2.15 bits per heavy atom. The van der Waals surface area contributed by atoms with E-state index in [0.717, 1.165) is 0 Å². The van der Waals surface area contributed by atoms with E-state index in [1.54, 1.807) is 25.3 Å². The summed E-state index contributed by atoms with van der Waals surface area (Å²) in [5.41, 5.74) is 0.620. The second-order valence-corrected chi connectivity index (χ2v) is 4.60. The molecule has 2 rings (SSSR count). The van der Waals surface area contributed by atoms with Crippen molar-refractivity contribution in [3.8, 4) is 0 Å². The van der Waals surface area contributed by atoms with Crippen molar-refractivity contribution >= 4 is 40.7 Å². The Morgan fingerprint density at radius 3 is 2.95 bits per heavy atom. The molecule has 0 amide bonds. The summed E-state index contributed by atoms with van der Waals surface area (Å²) in [6, 6.07) is 5.27. The minimum Gasteiger partial charge on any atom is -0.383 e. The van der Waals surface area contributed by atoms with Crippen LogP contribution in [0.4, 0.5) is 17.5 Å². The van der Waals surface area contributed by atoms with Crippen molar-refractivity contribution in [2.75, 3.05) is 30.9 Å². The average Bonchev–Trinajstić information content (AvgIpc) is 2.45. The lowest BCUT2D eigenvalue weighted by atomic mass is 10.3. The van der Waals surface area contributed by atoms with Crippen LogP contribution in [0.25, 0.3) is 0 Å². The largest absolute Gasteiger partial charge is 0.383 e. The summed E-state index contributed by atoms with van der Waals surface area (Å²) < 4.78 is 4.94. The first-order valence-electron chi connectivity index (χ1n) is 5.84. The van der Waals surface area contributed by atoms with Gasteiger partial charge in [0.15, 0.2) is 5.82 Å². The Morgan fingerprint density at radius 1 is 1.30 bits per heavy atom.